The summed E-state index contributed by atoms with van der Waals surface area (Å²) in [7, 11) is 0. The second-order valence-electron chi connectivity index (χ2n) is 27.8. The molecule has 2 heterocycles. The molecule has 2 N–H and O–H groups in total. The van der Waals surface area contributed by atoms with E-state index in [4.69, 9.17) is 9.47 Å². The van der Waals surface area contributed by atoms with Crippen LogP contribution in [0.4, 0.5) is 8.78 Å². The van der Waals surface area contributed by atoms with Gasteiger partial charge < -0.3 is 28.8 Å². The van der Waals surface area contributed by atoms with Crippen LogP contribution in [0.2, 0.25) is 0 Å². The number of fused-ring (bicyclic) bond motifs is 6. The first-order valence-electron chi connectivity index (χ1n) is 30.9. The Hall–Kier alpha value is -7.58. The molecule has 2 aromatic heterocycles. The first kappa shape index (κ1) is 60.5. The summed E-state index contributed by atoms with van der Waals surface area (Å²) in [4.78, 5) is 0. The zero-order chi connectivity index (χ0) is 61.2. The Morgan fingerprint density at radius 3 is 0.988 bits per heavy atom. The molecule has 0 unspecified atom stereocenters. The fourth-order valence-corrected chi connectivity index (χ4v) is 13.9. The highest BCUT2D eigenvalue weighted by atomic mass is 19.1. The topological polar surface area (TPSA) is 68.8 Å². The summed E-state index contributed by atoms with van der Waals surface area (Å²) in [6.07, 6.45) is 5.51. The summed E-state index contributed by atoms with van der Waals surface area (Å²) in [6, 6.07) is 40.7. The minimum atomic E-state index is -0.438. The number of hydrogen-bond acceptors (Lipinski definition) is 4. The molecule has 0 bridgehead atoms. The van der Waals surface area contributed by atoms with Gasteiger partial charge in [0.1, 0.15) is 34.6 Å². The lowest BCUT2D eigenvalue weighted by Crippen LogP contribution is -2.25. The van der Waals surface area contributed by atoms with Gasteiger partial charge >= 0.3 is 0 Å². The number of rotatable bonds is 18. The lowest BCUT2D eigenvalue weighted by Gasteiger charge is -2.34. The number of phenolic OH excluding ortho intramolecular Hbond substituents is 2. The summed E-state index contributed by atoms with van der Waals surface area (Å²) in [5, 5.41) is 30.4. The van der Waals surface area contributed by atoms with Gasteiger partial charge in [-0.1, -0.05) is 145 Å². The van der Waals surface area contributed by atoms with E-state index < -0.39 is 11.6 Å². The Morgan fingerprint density at radius 1 is 0.400 bits per heavy atom. The van der Waals surface area contributed by atoms with Crippen LogP contribution in [-0.4, -0.2) is 32.6 Å². The highest BCUT2D eigenvalue weighted by molar-refractivity contribution is 6.11. The monoisotopic (exact) mass is 1140 g/mol. The Bertz CT molecular complexity index is 3810. The third-order valence-electron chi connectivity index (χ3n) is 17.4. The predicted octanol–water partition coefficient (Wildman–Crippen LogP) is 21.0. The Labute approximate surface area is 503 Å². The number of aromatic nitrogens is 2. The number of benzene rings is 8. The summed E-state index contributed by atoms with van der Waals surface area (Å²) >= 11 is 0. The van der Waals surface area contributed by atoms with Gasteiger partial charge in [0.05, 0.1) is 46.7 Å². The van der Waals surface area contributed by atoms with Crippen molar-refractivity contribution < 1.29 is 28.5 Å². The van der Waals surface area contributed by atoms with Crippen molar-refractivity contribution in [1.29, 1.82) is 0 Å². The average Bonchev–Trinajstić information content (AvgIpc) is 2.02. The van der Waals surface area contributed by atoms with Crippen LogP contribution in [-0.2, 0) is 36.5 Å². The molecular weight excluding hydrogens is 1050 g/mol. The maximum atomic E-state index is 16.1. The minimum absolute atomic E-state index is 0.0265. The second kappa shape index (κ2) is 23.0. The van der Waals surface area contributed by atoms with Crippen molar-refractivity contribution in [3.05, 3.63) is 177 Å². The molecule has 0 aliphatic carbocycles. The molecule has 0 saturated carbocycles. The Morgan fingerprint density at radius 2 is 0.706 bits per heavy atom. The maximum absolute atomic E-state index is 16.1. The van der Waals surface area contributed by atoms with E-state index in [0.29, 0.717) is 62.7 Å². The molecule has 444 valence electrons. The lowest BCUT2D eigenvalue weighted by atomic mass is 9.71. The molecule has 0 saturated heterocycles. The number of nitrogens with zero attached hydrogens (tertiary/aromatic N) is 2. The molecule has 10 rings (SSSR count). The number of aromatic hydroxyl groups is 2. The first-order chi connectivity index (χ1) is 40.1. The fourth-order valence-electron chi connectivity index (χ4n) is 13.9. The quantitative estimate of drug-likeness (QED) is 0.0840. The summed E-state index contributed by atoms with van der Waals surface area (Å²) < 4.78 is 50.2. The number of hydrogen-bond donors (Lipinski definition) is 2. The standard InChI is InChI=1S/C77H88F2N2O4/c1-17-48-22-26-56-57-27-23-49(18-2)35-65(57)80(64(56)34-48)68-40-52(76(13,14)44-74(7,8)9)38-60(70(68)82)62-42-54(78)32-46(5)72(62)84-30-21-31-85-73-47(6)33-55(79)43-63(73)61-39-53(77(15,16)45-75(10,11)12)41-69(71(61)83)81-66-36-50(19-3)24-28-58(66)59-29-25-51(20-4)37-67(59)81/h22-29,32-43,82-83H,17-21,30-31,44-45H2,1-16H3. The molecule has 0 radical (unpaired) electrons. The molecule has 0 amide bonds. The number of ether oxygens (including phenoxy) is 2. The SMILES string of the molecule is CCc1ccc2c3ccc(CC)cc3n(-c3cc(C(C)(C)CC(C)(C)C)cc(-c4cc(F)cc(C)c4OCCCOc4c(C)cc(F)cc4-c4cc(C(C)(C)CC(C)(C)C)cc(-n5c6cc(CC)ccc6c6ccc(CC)cc65)c4O)c3O)c2c1. The molecule has 0 aliphatic heterocycles. The van der Waals surface area contributed by atoms with E-state index >= 15 is 8.78 Å². The van der Waals surface area contributed by atoms with Crippen molar-refractivity contribution in [3.8, 4) is 56.6 Å². The maximum Gasteiger partial charge on any atom is 0.147 e. The normalized spacial score (nSPS) is 12.6. The zero-order valence-electron chi connectivity index (χ0n) is 53.3. The fraction of sp³-hybridized carbons (Fsp3) is 0.377. The van der Waals surface area contributed by atoms with Crippen molar-refractivity contribution in [2.45, 2.75) is 167 Å². The third kappa shape index (κ3) is 11.9. The molecule has 6 nitrogen and oxygen atoms in total. The Balaban J connectivity index is 1.05. The van der Waals surface area contributed by atoms with Gasteiger partial charge in [-0.25, -0.2) is 8.78 Å². The van der Waals surface area contributed by atoms with Crippen molar-refractivity contribution in [2.75, 3.05) is 13.2 Å². The molecule has 0 aliphatic rings. The van der Waals surface area contributed by atoms with Gasteiger partial charge in [0.25, 0.3) is 0 Å². The van der Waals surface area contributed by atoms with Crippen LogP contribution in [0.3, 0.4) is 0 Å². The van der Waals surface area contributed by atoms with E-state index in [0.717, 1.165) is 93.3 Å². The average molecular weight is 1140 g/mol. The molecule has 8 heteroatoms. The van der Waals surface area contributed by atoms with Gasteiger partial charge in [-0.15, -0.1) is 0 Å². The van der Waals surface area contributed by atoms with Crippen LogP contribution in [0.15, 0.2) is 121 Å². The van der Waals surface area contributed by atoms with Gasteiger partial charge in [0.2, 0.25) is 0 Å². The molecule has 0 atom stereocenters. The lowest BCUT2D eigenvalue weighted by molar-refractivity contribution is 0.246. The van der Waals surface area contributed by atoms with Gasteiger partial charge in [0, 0.05) is 50.2 Å². The van der Waals surface area contributed by atoms with Crippen LogP contribution in [0.5, 0.6) is 23.0 Å². The van der Waals surface area contributed by atoms with Crippen LogP contribution in [0, 0.1) is 36.3 Å². The second-order valence-corrected chi connectivity index (χ2v) is 27.8. The van der Waals surface area contributed by atoms with Crippen molar-refractivity contribution in [2.24, 2.45) is 10.8 Å². The van der Waals surface area contributed by atoms with E-state index in [1.54, 1.807) is 0 Å². The van der Waals surface area contributed by atoms with Crippen LogP contribution >= 0.6 is 0 Å². The highest BCUT2D eigenvalue weighted by Gasteiger charge is 2.33. The number of phenols is 2. The third-order valence-corrected chi connectivity index (χ3v) is 17.4. The molecule has 8 aromatic carbocycles. The van der Waals surface area contributed by atoms with Crippen molar-refractivity contribution in [1.82, 2.24) is 9.13 Å². The van der Waals surface area contributed by atoms with E-state index in [1.807, 2.05) is 26.0 Å². The van der Waals surface area contributed by atoms with Gasteiger partial charge in [0.15, 0.2) is 0 Å². The molecule has 0 fully saturated rings. The van der Waals surface area contributed by atoms with Crippen LogP contribution in [0.25, 0.3) is 77.2 Å². The van der Waals surface area contributed by atoms with E-state index in [9.17, 15) is 10.2 Å². The number of aryl methyl sites for hydroxylation is 6. The Kier molecular flexibility index (Phi) is 16.4. The van der Waals surface area contributed by atoms with Gasteiger partial charge in [-0.05, 0) is 191 Å². The summed E-state index contributed by atoms with van der Waals surface area (Å²) in [5.41, 5.74) is 14.2. The van der Waals surface area contributed by atoms with Gasteiger partial charge in [-0.3, -0.25) is 0 Å². The van der Waals surface area contributed by atoms with Gasteiger partial charge in [-0.2, -0.15) is 0 Å². The molecule has 10 aromatic rings. The largest absolute Gasteiger partial charge is 0.505 e. The van der Waals surface area contributed by atoms with Crippen LogP contribution < -0.4 is 9.47 Å². The first-order valence-corrected chi connectivity index (χ1v) is 30.9. The van der Waals surface area contributed by atoms with Crippen LogP contribution in [0.1, 0.15) is 161 Å². The predicted molar refractivity (Wildman–Crippen MR) is 352 cm³/mol. The smallest absolute Gasteiger partial charge is 0.147 e. The molecular formula is C77H88F2N2O4. The van der Waals surface area contributed by atoms with E-state index in [2.05, 4.69) is 191 Å². The number of halogens is 2. The van der Waals surface area contributed by atoms with Crippen molar-refractivity contribution in [3.63, 3.8) is 0 Å². The molecule has 85 heavy (non-hydrogen) atoms. The summed E-state index contributed by atoms with van der Waals surface area (Å²) in [5.74, 6) is 0.109. The van der Waals surface area contributed by atoms with E-state index in [-0.39, 0.29) is 46.4 Å². The zero-order valence-corrected chi connectivity index (χ0v) is 53.3. The van der Waals surface area contributed by atoms with E-state index in [1.165, 1.54) is 46.5 Å². The van der Waals surface area contributed by atoms with Crippen molar-refractivity contribution >= 4 is 43.6 Å². The minimum Gasteiger partial charge on any atom is -0.505 e. The highest BCUT2D eigenvalue weighted by Crippen LogP contribution is 2.50. The molecule has 0 spiro atoms. The summed E-state index contributed by atoms with van der Waals surface area (Å²) in [6.45, 7) is 35.1.